The second-order valence-corrected chi connectivity index (χ2v) is 3.57. The van der Waals surface area contributed by atoms with Crippen LogP contribution in [0.4, 0.5) is 0 Å². The maximum atomic E-state index is 4.30. The smallest absolute Gasteiger partial charge is 0.0542 e. The minimum atomic E-state index is 0.637. The van der Waals surface area contributed by atoms with E-state index in [1.807, 2.05) is 0 Å². The van der Waals surface area contributed by atoms with Crippen LogP contribution in [0.25, 0.3) is 0 Å². The normalized spacial score (nSPS) is 10.8. The van der Waals surface area contributed by atoms with E-state index >= 15 is 0 Å². The molecule has 0 spiro atoms. The molecule has 0 amide bonds. The lowest BCUT2D eigenvalue weighted by Gasteiger charge is -1.94. The van der Waals surface area contributed by atoms with Crippen LogP contribution in [0.3, 0.4) is 0 Å². The Kier molecular flexibility index (Phi) is 2.44. The molecule has 56 valence electrons. The summed E-state index contributed by atoms with van der Waals surface area (Å²) in [6.07, 6.45) is 1.06. The minimum absolute atomic E-state index is 0.637. The molecule has 1 heterocycles. The molecule has 0 unspecified atom stereocenters. The van der Waals surface area contributed by atoms with E-state index in [4.69, 9.17) is 0 Å². The maximum absolute atomic E-state index is 4.30. The van der Waals surface area contributed by atoms with E-state index in [2.05, 4.69) is 31.2 Å². The molecule has 0 aliphatic rings. The summed E-state index contributed by atoms with van der Waals surface area (Å²) in [5, 5.41) is 0. The summed E-state index contributed by atoms with van der Waals surface area (Å²) in [5.74, 6) is 0.637. The summed E-state index contributed by atoms with van der Waals surface area (Å²) in [6, 6.07) is 2.20. The fraction of sp³-hybridized carbons (Fsp3) is 0.625. The van der Waals surface area contributed by atoms with Crippen LogP contribution in [0, 0.1) is 0 Å². The Labute approximate surface area is 66.3 Å². The lowest BCUT2D eigenvalue weighted by Crippen LogP contribution is -1.79. The fourth-order valence-electron chi connectivity index (χ4n) is 0.767. The van der Waals surface area contributed by atoms with Gasteiger partial charge in [-0.15, -0.1) is 0 Å². The van der Waals surface area contributed by atoms with Crippen LogP contribution in [0.5, 0.6) is 0 Å². The molecule has 0 aliphatic carbocycles. The van der Waals surface area contributed by atoms with Crippen molar-refractivity contribution in [3.05, 3.63) is 16.6 Å². The van der Waals surface area contributed by atoms with Gasteiger partial charge < -0.3 is 0 Å². The third kappa shape index (κ3) is 1.57. The topological polar surface area (TPSA) is 12.9 Å². The first-order valence-corrected chi connectivity index (χ1v) is 4.47. The van der Waals surface area contributed by atoms with E-state index in [0.717, 1.165) is 6.42 Å². The van der Waals surface area contributed by atoms with Crippen LogP contribution in [0.15, 0.2) is 6.07 Å². The molecule has 1 aromatic rings. The Morgan fingerprint density at radius 2 is 2.30 bits per heavy atom. The second kappa shape index (κ2) is 3.15. The zero-order valence-corrected chi connectivity index (χ0v) is 7.53. The highest BCUT2D eigenvalue weighted by Gasteiger charge is 2.02. The lowest BCUT2D eigenvalue weighted by molar-refractivity contribution is 0.887. The zero-order valence-electron chi connectivity index (χ0n) is 6.72. The molecule has 0 saturated carbocycles. The summed E-state index contributed by atoms with van der Waals surface area (Å²) in [4.78, 5) is 1.40. The lowest BCUT2D eigenvalue weighted by atomic mass is 10.1. The summed E-state index contributed by atoms with van der Waals surface area (Å²) in [6.45, 7) is 6.54. The van der Waals surface area contributed by atoms with Gasteiger partial charge in [-0.05, 0) is 29.9 Å². The summed E-state index contributed by atoms with van der Waals surface area (Å²) >= 11 is 1.63. The molecule has 1 nitrogen and oxygen atoms in total. The first-order valence-electron chi connectivity index (χ1n) is 3.69. The molecule has 0 aromatic carbocycles. The molecule has 0 bridgehead atoms. The van der Waals surface area contributed by atoms with E-state index in [1.165, 1.54) is 10.6 Å². The average molecular weight is 155 g/mol. The minimum Gasteiger partial charge on any atom is -0.197 e. The number of nitrogens with zero attached hydrogens (tertiary/aromatic N) is 1. The molecular weight excluding hydrogens is 142 g/mol. The Morgan fingerprint density at radius 1 is 1.60 bits per heavy atom. The summed E-state index contributed by atoms with van der Waals surface area (Å²) in [5.41, 5.74) is 1.23. The molecule has 2 heteroatoms. The zero-order chi connectivity index (χ0) is 7.56. The van der Waals surface area contributed by atoms with Crippen LogP contribution < -0.4 is 0 Å². The van der Waals surface area contributed by atoms with Gasteiger partial charge in [-0.2, -0.15) is 4.37 Å². The third-order valence-electron chi connectivity index (χ3n) is 1.51. The van der Waals surface area contributed by atoms with Crippen LogP contribution in [0.2, 0.25) is 0 Å². The number of aryl methyl sites for hydroxylation is 1. The van der Waals surface area contributed by atoms with Gasteiger partial charge in [0.05, 0.1) is 5.69 Å². The van der Waals surface area contributed by atoms with E-state index in [9.17, 15) is 0 Å². The van der Waals surface area contributed by atoms with Crippen molar-refractivity contribution in [2.24, 2.45) is 0 Å². The monoisotopic (exact) mass is 155 g/mol. The molecule has 0 saturated heterocycles. The van der Waals surface area contributed by atoms with Gasteiger partial charge in [0.15, 0.2) is 0 Å². The van der Waals surface area contributed by atoms with Gasteiger partial charge in [0.1, 0.15) is 0 Å². The van der Waals surface area contributed by atoms with Gasteiger partial charge in [0, 0.05) is 4.88 Å². The molecular formula is C8H13NS. The van der Waals surface area contributed by atoms with E-state index in [1.54, 1.807) is 11.5 Å². The molecule has 0 atom stereocenters. The molecule has 0 radical (unpaired) electrons. The quantitative estimate of drug-likeness (QED) is 0.640. The first-order chi connectivity index (χ1) is 4.74. The largest absolute Gasteiger partial charge is 0.197 e. The Morgan fingerprint density at radius 3 is 2.60 bits per heavy atom. The van der Waals surface area contributed by atoms with Crippen molar-refractivity contribution in [3.8, 4) is 0 Å². The fourth-order valence-corrected chi connectivity index (χ4v) is 1.57. The standard InChI is InChI=1S/C8H13NS/c1-4-7-5-8(6(2)3)10-9-7/h5-6H,4H2,1-3H3. The van der Waals surface area contributed by atoms with Crippen LogP contribution in [-0.2, 0) is 6.42 Å². The molecule has 0 fully saturated rings. The van der Waals surface area contributed by atoms with Crippen molar-refractivity contribution in [1.82, 2.24) is 4.37 Å². The Bertz CT molecular complexity index is 203. The molecule has 0 aliphatic heterocycles. The predicted octanol–water partition coefficient (Wildman–Crippen LogP) is 2.83. The summed E-state index contributed by atoms with van der Waals surface area (Å²) in [7, 11) is 0. The van der Waals surface area contributed by atoms with Crippen molar-refractivity contribution in [2.75, 3.05) is 0 Å². The van der Waals surface area contributed by atoms with E-state index in [0.29, 0.717) is 5.92 Å². The third-order valence-corrected chi connectivity index (χ3v) is 2.63. The van der Waals surface area contributed by atoms with Gasteiger partial charge >= 0.3 is 0 Å². The Hall–Kier alpha value is -0.370. The highest BCUT2D eigenvalue weighted by Crippen LogP contribution is 2.19. The van der Waals surface area contributed by atoms with Gasteiger partial charge in [-0.1, -0.05) is 20.8 Å². The predicted molar refractivity (Wildman–Crippen MR) is 45.6 cm³/mol. The van der Waals surface area contributed by atoms with Gasteiger partial charge in [0.25, 0.3) is 0 Å². The van der Waals surface area contributed by atoms with Gasteiger partial charge in [0.2, 0.25) is 0 Å². The number of hydrogen-bond donors (Lipinski definition) is 0. The van der Waals surface area contributed by atoms with E-state index < -0.39 is 0 Å². The highest BCUT2D eigenvalue weighted by atomic mass is 32.1. The average Bonchev–Trinajstić information content (AvgIpc) is 2.34. The number of hydrogen-bond acceptors (Lipinski definition) is 2. The first kappa shape index (κ1) is 7.73. The van der Waals surface area contributed by atoms with Gasteiger partial charge in [-0.3, -0.25) is 0 Å². The van der Waals surface area contributed by atoms with Crippen molar-refractivity contribution in [3.63, 3.8) is 0 Å². The highest BCUT2D eigenvalue weighted by molar-refractivity contribution is 7.05. The maximum Gasteiger partial charge on any atom is 0.0542 e. The van der Waals surface area contributed by atoms with E-state index in [-0.39, 0.29) is 0 Å². The SMILES string of the molecule is CCc1cc(C(C)C)sn1. The Balaban J connectivity index is 2.78. The van der Waals surface area contributed by atoms with Gasteiger partial charge in [-0.25, -0.2) is 0 Å². The molecule has 0 N–H and O–H groups in total. The number of rotatable bonds is 2. The van der Waals surface area contributed by atoms with Crippen molar-refractivity contribution in [1.29, 1.82) is 0 Å². The van der Waals surface area contributed by atoms with Crippen molar-refractivity contribution >= 4 is 11.5 Å². The molecule has 1 rings (SSSR count). The van der Waals surface area contributed by atoms with Crippen LogP contribution in [0.1, 0.15) is 37.3 Å². The van der Waals surface area contributed by atoms with Crippen molar-refractivity contribution < 1.29 is 0 Å². The van der Waals surface area contributed by atoms with Crippen LogP contribution >= 0.6 is 11.5 Å². The summed E-state index contributed by atoms with van der Waals surface area (Å²) < 4.78 is 4.30. The molecule has 10 heavy (non-hydrogen) atoms. The van der Waals surface area contributed by atoms with Crippen molar-refractivity contribution in [2.45, 2.75) is 33.1 Å². The second-order valence-electron chi connectivity index (χ2n) is 2.73. The number of aromatic nitrogens is 1. The van der Waals surface area contributed by atoms with Crippen LogP contribution in [-0.4, -0.2) is 4.37 Å². The molecule has 1 aromatic heterocycles.